The molecule has 0 unspecified atom stereocenters. The fraction of sp³-hybridized carbons (Fsp3) is 0.154. The Morgan fingerprint density at radius 2 is 1.27 bits per heavy atom. The number of amides is 2. The van der Waals surface area contributed by atoms with E-state index < -0.39 is 12.2 Å². The number of hydrogen-bond donors (Lipinski definition) is 2. The molecule has 2 amide bonds. The molecule has 0 aliphatic rings. The number of ether oxygens (including phenoxy) is 2. The van der Waals surface area contributed by atoms with Crippen LogP contribution in [0.2, 0.25) is 0 Å². The van der Waals surface area contributed by atoms with E-state index in [-0.39, 0.29) is 0 Å². The van der Waals surface area contributed by atoms with Crippen molar-refractivity contribution >= 4 is 56.3 Å². The van der Waals surface area contributed by atoms with Gasteiger partial charge in [0, 0.05) is 27.8 Å². The van der Waals surface area contributed by atoms with Gasteiger partial charge in [0.1, 0.15) is 11.5 Å². The maximum Gasteiger partial charge on any atom is 0.412 e. The molecule has 0 aliphatic heterocycles. The molecular weight excluding hydrogens is 531 g/mol. The third-order valence-corrected chi connectivity index (χ3v) is 5.80. The first-order valence-electron chi connectivity index (χ1n) is 10.7. The quantitative estimate of drug-likeness (QED) is 0.277. The van der Waals surface area contributed by atoms with Crippen LogP contribution in [0.15, 0.2) is 66.7 Å². The van der Waals surface area contributed by atoms with E-state index in [1.54, 1.807) is 12.1 Å². The van der Waals surface area contributed by atoms with E-state index in [0.717, 1.165) is 25.1 Å². The van der Waals surface area contributed by atoms with Crippen LogP contribution in [0, 0.1) is 3.57 Å². The van der Waals surface area contributed by atoms with E-state index >= 15 is 0 Å². The minimum Gasteiger partial charge on any atom is -0.410 e. The van der Waals surface area contributed by atoms with E-state index in [1.165, 1.54) is 0 Å². The summed E-state index contributed by atoms with van der Waals surface area (Å²) in [7, 11) is 0. The van der Waals surface area contributed by atoms with Gasteiger partial charge in [0.05, 0.1) is 0 Å². The van der Waals surface area contributed by atoms with E-state index in [0.29, 0.717) is 35.7 Å². The zero-order valence-electron chi connectivity index (χ0n) is 18.3. The van der Waals surface area contributed by atoms with Crippen molar-refractivity contribution in [3.05, 3.63) is 70.3 Å². The second kappa shape index (κ2) is 10.1. The van der Waals surface area contributed by atoms with E-state index in [4.69, 9.17) is 9.47 Å². The Balaban J connectivity index is 2.04. The van der Waals surface area contributed by atoms with Crippen molar-refractivity contribution in [2.75, 3.05) is 13.1 Å². The zero-order valence-corrected chi connectivity index (χ0v) is 20.4. The van der Waals surface area contributed by atoms with Crippen molar-refractivity contribution in [3.63, 3.8) is 0 Å². The lowest BCUT2D eigenvalue weighted by atomic mass is 9.92. The Hall–Kier alpha value is -3.33. The molecule has 0 atom stereocenters. The first kappa shape index (κ1) is 22.8. The number of rotatable bonds is 5. The van der Waals surface area contributed by atoms with Gasteiger partial charge in [0.25, 0.3) is 0 Å². The molecule has 0 saturated carbocycles. The van der Waals surface area contributed by atoms with E-state index in [1.807, 2.05) is 62.4 Å². The highest BCUT2D eigenvalue weighted by Gasteiger charge is 2.21. The highest BCUT2D eigenvalue weighted by Crippen LogP contribution is 2.45. The van der Waals surface area contributed by atoms with Gasteiger partial charge in [0.2, 0.25) is 0 Å². The SMILES string of the molecule is CCNC(=O)Oc1ccc2ccccc2c1-c1c(OC(=O)NCC)ccc2cc(I)ccc12. The summed E-state index contributed by atoms with van der Waals surface area (Å²) in [4.78, 5) is 24.7. The Kier molecular flexibility index (Phi) is 6.98. The molecule has 7 heteroatoms. The largest absolute Gasteiger partial charge is 0.412 e. The zero-order chi connectivity index (χ0) is 23.4. The first-order valence-corrected chi connectivity index (χ1v) is 11.8. The maximum absolute atomic E-state index is 12.4. The minimum atomic E-state index is -0.546. The average molecular weight is 554 g/mol. The van der Waals surface area contributed by atoms with E-state index in [9.17, 15) is 9.59 Å². The number of benzene rings is 4. The highest BCUT2D eigenvalue weighted by atomic mass is 127. The van der Waals surface area contributed by atoms with E-state index in [2.05, 4.69) is 39.3 Å². The molecule has 168 valence electrons. The number of carbonyl (C=O) groups is 2. The van der Waals surface area contributed by atoms with Crippen LogP contribution >= 0.6 is 22.6 Å². The Labute approximate surface area is 205 Å². The van der Waals surface area contributed by atoms with Gasteiger partial charge in [0.15, 0.2) is 0 Å². The van der Waals surface area contributed by atoms with Crippen molar-refractivity contribution in [2.45, 2.75) is 13.8 Å². The Morgan fingerprint density at radius 1 is 0.727 bits per heavy atom. The van der Waals surface area contributed by atoms with Gasteiger partial charge in [-0.2, -0.15) is 0 Å². The summed E-state index contributed by atoms with van der Waals surface area (Å²) in [5.41, 5.74) is 1.37. The number of fused-ring (bicyclic) bond motifs is 2. The van der Waals surface area contributed by atoms with Crippen molar-refractivity contribution in [1.82, 2.24) is 10.6 Å². The van der Waals surface area contributed by atoms with Crippen LogP contribution in [0.1, 0.15) is 13.8 Å². The summed E-state index contributed by atoms with van der Waals surface area (Å²) in [6, 6.07) is 21.3. The van der Waals surface area contributed by atoms with Crippen molar-refractivity contribution in [3.8, 4) is 22.6 Å². The van der Waals surface area contributed by atoms with Crippen LogP contribution in [0.5, 0.6) is 11.5 Å². The Bertz CT molecular complexity index is 1350. The molecule has 4 aromatic carbocycles. The number of hydrogen-bond acceptors (Lipinski definition) is 4. The van der Waals surface area contributed by atoms with Gasteiger partial charge in [-0.15, -0.1) is 0 Å². The molecule has 0 bridgehead atoms. The van der Waals surface area contributed by atoms with Gasteiger partial charge in [-0.3, -0.25) is 0 Å². The lowest BCUT2D eigenvalue weighted by Gasteiger charge is -2.19. The third-order valence-electron chi connectivity index (χ3n) is 5.13. The molecule has 0 heterocycles. The highest BCUT2D eigenvalue weighted by molar-refractivity contribution is 14.1. The molecule has 2 N–H and O–H groups in total. The number of carbonyl (C=O) groups excluding carboxylic acids is 2. The lowest BCUT2D eigenvalue weighted by Crippen LogP contribution is -2.27. The summed E-state index contributed by atoms with van der Waals surface area (Å²) in [5, 5.41) is 9.07. The standard InChI is InChI=1S/C26H23IN2O4/c1-3-28-25(30)32-21-13-9-16-7-5-6-8-19(16)23(21)24-20-12-11-18(27)15-17(20)10-14-22(24)33-26(31)29-4-2/h5-15H,3-4H2,1-2H3,(H,28,30)(H,29,31). The third kappa shape index (κ3) is 4.88. The normalized spacial score (nSPS) is 10.8. The second-order valence-electron chi connectivity index (χ2n) is 7.30. The van der Waals surface area contributed by atoms with Crippen molar-refractivity contribution in [1.29, 1.82) is 0 Å². The topological polar surface area (TPSA) is 76.7 Å². The summed E-state index contributed by atoms with van der Waals surface area (Å²) in [5.74, 6) is 0.762. The first-order chi connectivity index (χ1) is 16.0. The summed E-state index contributed by atoms with van der Waals surface area (Å²) >= 11 is 2.27. The second-order valence-corrected chi connectivity index (χ2v) is 8.55. The van der Waals surface area contributed by atoms with Gasteiger partial charge in [-0.05, 0) is 82.2 Å². The lowest BCUT2D eigenvalue weighted by molar-refractivity contribution is 0.199. The molecule has 4 rings (SSSR count). The molecule has 0 aliphatic carbocycles. The molecule has 33 heavy (non-hydrogen) atoms. The van der Waals surface area contributed by atoms with Crippen LogP contribution < -0.4 is 20.1 Å². The number of nitrogens with one attached hydrogen (secondary N) is 2. The fourth-order valence-corrected chi connectivity index (χ4v) is 4.29. The predicted molar refractivity (Wildman–Crippen MR) is 139 cm³/mol. The fourth-order valence-electron chi connectivity index (χ4n) is 3.78. The molecule has 4 aromatic rings. The molecular formula is C26H23IN2O4. The van der Waals surface area contributed by atoms with Gasteiger partial charge in [-0.25, -0.2) is 9.59 Å². The van der Waals surface area contributed by atoms with Crippen LogP contribution in [-0.4, -0.2) is 25.3 Å². The van der Waals surface area contributed by atoms with Crippen LogP contribution in [0.25, 0.3) is 32.7 Å². The molecule has 6 nitrogen and oxygen atoms in total. The van der Waals surface area contributed by atoms with Crippen LogP contribution in [0.4, 0.5) is 9.59 Å². The molecule has 0 fully saturated rings. The average Bonchev–Trinajstić information content (AvgIpc) is 2.79. The Morgan fingerprint density at radius 3 is 1.88 bits per heavy atom. The maximum atomic E-state index is 12.4. The summed E-state index contributed by atoms with van der Waals surface area (Å²) < 4.78 is 12.5. The molecule has 0 saturated heterocycles. The van der Waals surface area contributed by atoms with Crippen molar-refractivity contribution < 1.29 is 19.1 Å². The summed E-state index contributed by atoms with van der Waals surface area (Å²) in [6.07, 6.45) is -1.09. The molecule has 0 aromatic heterocycles. The van der Waals surface area contributed by atoms with Crippen molar-refractivity contribution in [2.24, 2.45) is 0 Å². The van der Waals surface area contributed by atoms with Crippen LogP contribution in [-0.2, 0) is 0 Å². The smallest absolute Gasteiger partial charge is 0.410 e. The summed E-state index contributed by atoms with van der Waals surface area (Å²) in [6.45, 7) is 4.54. The van der Waals surface area contributed by atoms with Gasteiger partial charge >= 0.3 is 12.2 Å². The van der Waals surface area contributed by atoms with Gasteiger partial charge < -0.3 is 20.1 Å². The predicted octanol–water partition coefficient (Wildman–Crippen LogP) is 6.48. The van der Waals surface area contributed by atoms with Gasteiger partial charge in [-0.1, -0.05) is 42.5 Å². The van der Waals surface area contributed by atoms with Crippen LogP contribution in [0.3, 0.4) is 0 Å². The molecule has 0 radical (unpaired) electrons. The monoisotopic (exact) mass is 554 g/mol. The minimum absolute atomic E-state index is 0.381. The molecule has 0 spiro atoms. The number of halogens is 1.